The highest BCUT2D eigenvalue weighted by atomic mass is 32.2. The number of benzene rings is 2. The molecule has 0 aliphatic heterocycles. The van der Waals surface area contributed by atoms with E-state index in [1.54, 1.807) is 30.3 Å². The monoisotopic (exact) mass is 358 g/mol. The second kappa shape index (κ2) is 7.98. The van der Waals surface area contributed by atoms with Crippen molar-refractivity contribution in [3.8, 4) is 0 Å². The molecule has 25 heavy (non-hydrogen) atoms. The smallest absolute Gasteiger partial charge is 0.248 e. The summed E-state index contributed by atoms with van der Waals surface area (Å²) in [6, 6.07) is 14.5. The van der Waals surface area contributed by atoms with Gasteiger partial charge in [0, 0.05) is 17.5 Å². The molecule has 0 spiro atoms. The van der Waals surface area contributed by atoms with E-state index in [0.717, 1.165) is 11.8 Å². The SMILES string of the molecule is CC(C)c1ccc(/C=C/C(=O)Nc2ccc(NS(C)(=O)=O)cc2)cc1. The van der Waals surface area contributed by atoms with Gasteiger partial charge in [0.15, 0.2) is 0 Å². The van der Waals surface area contributed by atoms with Gasteiger partial charge < -0.3 is 5.32 Å². The molecule has 0 radical (unpaired) electrons. The number of hydrogen-bond donors (Lipinski definition) is 2. The summed E-state index contributed by atoms with van der Waals surface area (Å²) in [7, 11) is -3.31. The number of hydrogen-bond acceptors (Lipinski definition) is 3. The Balaban J connectivity index is 1.95. The number of amides is 1. The van der Waals surface area contributed by atoms with Crippen LogP contribution in [0, 0.1) is 0 Å². The molecule has 2 rings (SSSR count). The molecule has 0 saturated heterocycles. The third kappa shape index (κ3) is 6.43. The zero-order chi connectivity index (χ0) is 18.4. The molecule has 132 valence electrons. The van der Waals surface area contributed by atoms with Gasteiger partial charge in [0.05, 0.1) is 6.26 Å². The molecule has 6 heteroatoms. The van der Waals surface area contributed by atoms with Gasteiger partial charge in [0.2, 0.25) is 15.9 Å². The standard InChI is InChI=1S/C19H22N2O3S/c1-14(2)16-7-4-15(5-8-16)6-13-19(22)20-17-9-11-18(12-10-17)21-25(3,23)24/h4-14,21H,1-3H3,(H,20,22)/b13-6+. The summed E-state index contributed by atoms with van der Waals surface area (Å²) in [6.07, 6.45) is 4.30. The van der Waals surface area contributed by atoms with Crippen molar-refractivity contribution >= 4 is 33.4 Å². The lowest BCUT2D eigenvalue weighted by molar-refractivity contribution is -0.111. The van der Waals surface area contributed by atoms with Gasteiger partial charge in [-0.2, -0.15) is 0 Å². The van der Waals surface area contributed by atoms with Crippen molar-refractivity contribution < 1.29 is 13.2 Å². The van der Waals surface area contributed by atoms with Gasteiger partial charge >= 0.3 is 0 Å². The van der Waals surface area contributed by atoms with Crippen LogP contribution in [0.25, 0.3) is 6.08 Å². The van der Waals surface area contributed by atoms with Crippen LogP contribution in [-0.2, 0) is 14.8 Å². The van der Waals surface area contributed by atoms with Crippen LogP contribution in [0.1, 0.15) is 30.9 Å². The molecule has 2 aromatic carbocycles. The van der Waals surface area contributed by atoms with Gasteiger partial charge in [-0.15, -0.1) is 0 Å². The fourth-order valence-electron chi connectivity index (χ4n) is 2.18. The predicted molar refractivity (Wildman–Crippen MR) is 103 cm³/mol. The zero-order valence-corrected chi connectivity index (χ0v) is 15.3. The first-order valence-corrected chi connectivity index (χ1v) is 9.79. The molecule has 0 heterocycles. The maximum Gasteiger partial charge on any atom is 0.248 e. The Morgan fingerprint density at radius 1 is 0.960 bits per heavy atom. The minimum Gasteiger partial charge on any atom is -0.323 e. The average Bonchev–Trinajstić information content (AvgIpc) is 2.54. The summed E-state index contributed by atoms with van der Waals surface area (Å²) in [6.45, 7) is 4.27. The third-order valence-corrected chi connectivity index (χ3v) is 4.09. The molecule has 0 saturated carbocycles. The Hall–Kier alpha value is -2.60. The van der Waals surface area contributed by atoms with Gasteiger partial charge in [0.25, 0.3) is 0 Å². The first kappa shape index (κ1) is 18.7. The van der Waals surface area contributed by atoms with Crippen LogP contribution >= 0.6 is 0 Å². The lowest BCUT2D eigenvalue weighted by Gasteiger charge is -2.06. The predicted octanol–water partition coefficient (Wildman–Crippen LogP) is 3.83. The molecule has 0 aliphatic rings. The van der Waals surface area contributed by atoms with Crippen LogP contribution in [-0.4, -0.2) is 20.6 Å². The molecule has 2 aromatic rings. The van der Waals surface area contributed by atoms with Crippen molar-refractivity contribution in [1.29, 1.82) is 0 Å². The Morgan fingerprint density at radius 3 is 2.04 bits per heavy atom. The van der Waals surface area contributed by atoms with Crippen molar-refractivity contribution in [2.45, 2.75) is 19.8 Å². The molecule has 0 atom stereocenters. The molecule has 0 fully saturated rings. The second-order valence-corrected chi connectivity index (χ2v) is 7.84. The van der Waals surface area contributed by atoms with Crippen molar-refractivity contribution in [2.24, 2.45) is 0 Å². The van der Waals surface area contributed by atoms with E-state index in [1.165, 1.54) is 11.6 Å². The first-order chi connectivity index (χ1) is 11.7. The van der Waals surface area contributed by atoms with Crippen LogP contribution in [0.4, 0.5) is 11.4 Å². The molecule has 0 aromatic heterocycles. The Morgan fingerprint density at radius 2 is 1.52 bits per heavy atom. The Kier molecular flexibility index (Phi) is 5.98. The molecular formula is C19H22N2O3S. The van der Waals surface area contributed by atoms with Crippen LogP contribution in [0.15, 0.2) is 54.6 Å². The fourth-order valence-corrected chi connectivity index (χ4v) is 2.75. The van der Waals surface area contributed by atoms with Gasteiger partial charge in [-0.1, -0.05) is 38.1 Å². The first-order valence-electron chi connectivity index (χ1n) is 7.90. The number of rotatable bonds is 6. The summed E-state index contributed by atoms with van der Waals surface area (Å²) in [5, 5.41) is 2.73. The van der Waals surface area contributed by atoms with Gasteiger partial charge in [-0.25, -0.2) is 8.42 Å². The van der Waals surface area contributed by atoms with Crippen molar-refractivity contribution in [3.63, 3.8) is 0 Å². The van der Waals surface area contributed by atoms with Gasteiger partial charge in [-0.05, 0) is 47.4 Å². The van der Waals surface area contributed by atoms with Crippen LogP contribution in [0.5, 0.6) is 0 Å². The lowest BCUT2D eigenvalue weighted by Crippen LogP contribution is -2.10. The van der Waals surface area contributed by atoms with Gasteiger partial charge in [-0.3, -0.25) is 9.52 Å². The normalized spacial score (nSPS) is 11.7. The van der Waals surface area contributed by atoms with E-state index in [2.05, 4.69) is 36.0 Å². The molecule has 2 N–H and O–H groups in total. The zero-order valence-electron chi connectivity index (χ0n) is 14.5. The number of anilines is 2. The summed E-state index contributed by atoms with van der Waals surface area (Å²) in [5.74, 6) is 0.221. The topological polar surface area (TPSA) is 75.3 Å². The summed E-state index contributed by atoms with van der Waals surface area (Å²) in [5.41, 5.74) is 3.24. The van der Waals surface area contributed by atoms with E-state index in [0.29, 0.717) is 17.3 Å². The molecule has 0 bridgehead atoms. The van der Waals surface area contributed by atoms with Crippen LogP contribution in [0.2, 0.25) is 0 Å². The molecule has 5 nitrogen and oxygen atoms in total. The largest absolute Gasteiger partial charge is 0.323 e. The third-order valence-electron chi connectivity index (χ3n) is 3.49. The number of carbonyl (C=O) groups excluding carboxylic acids is 1. The molecule has 0 unspecified atom stereocenters. The van der Waals surface area contributed by atoms with Crippen molar-refractivity contribution in [3.05, 3.63) is 65.7 Å². The van der Waals surface area contributed by atoms with E-state index in [1.807, 2.05) is 12.1 Å². The minimum atomic E-state index is -3.31. The quantitative estimate of drug-likeness (QED) is 0.771. The summed E-state index contributed by atoms with van der Waals surface area (Å²) >= 11 is 0. The molecule has 1 amide bonds. The van der Waals surface area contributed by atoms with Crippen LogP contribution in [0.3, 0.4) is 0 Å². The molecular weight excluding hydrogens is 336 g/mol. The van der Waals surface area contributed by atoms with Crippen molar-refractivity contribution in [2.75, 3.05) is 16.3 Å². The Bertz CT molecular complexity index is 853. The molecule has 0 aliphatic carbocycles. The minimum absolute atomic E-state index is 0.253. The number of sulfonamides is 1. The highest BCUT2D eigenvalue weighted by molar-refractivity contribution is 7.92. The van der Waals surface area contributed by atoms with E-state index in [4.69, 9.17) is 0 Å². The number of carbonyl (C=O) groups is 1. The maximum absolute atomic E-state index is 12.0. The fraction of sp³-hybridized carbons (Fsp3) is 0.211. The van der Waals surface area contributed by atoms with E-state index in [-0.39, 0.29) is 5.91 Å². The van der Waals surface area contributed by atoms with E-state index in [9.17, 15) is 13.2 Å². The summed E-state index contributed by atoms with van der Waals surface area (Å²) in [4.78, 5) is 12.0. The second-order valence-electron chi connectivity index (χ2n) is 6.10. The highest BCUT2D eigenvalue weighted by Crippen LogP contribution is 2.16. The Labute approximate surface area is 148 Å². The number of nitrogens with one attached hydrogen (secondary N) is 2. The highest BCUT2D eigenvalue weighted by Gasteiger charge is 2.03. The van der Waals surface area contributed by atoms with E-state index < -0.39 is 10.0 Å². The maximum atomic E-state index is 12.0. The van der Waals surface area contributed by atoms with E-state index >= 15 is 0 Å². The lowest BCUT2D eigenvalue weighted by atomic mass is 10.0. The van der Waals surface area contributed by atoms with Crippen molar-refractivity contribution in [1.82, 2.24) is 0 Å². The summed E-state index contributed by atoms with van der Waals surface area (Å²) < 4.78 is 24.7. The van der Waals surface area contributed by atoms with Crippen LogP contribution < -0.4 is 10.0 Å². The average molecular weight is 358 g/mol. The van der Waals surface area contributed by atoms with Gasteiger partial charge in [0.1, 0.15) is 0 Å².